The van der Waals surface area contributed by atoms with E-state index in [1.54, 1.807) is 12.1 Å². The Morgan fingerprint density at radius 2 is 1.95 bits per heavy atom. The van der Waals surface area contributed by atoms with Crippen LogP contribution in [0.3, 0.4) is 0 Å². The zero-order valence-corrected chi connectivity index (χ0v) is 10.8. The van der Waals surface area contributed by atoms with Crippen molar-refractivity contribution in [3.8, 4) is 0 Å². The number of imide groups is 3. The Bertz CT molecular complexity index is 626. The minimum atomic E-state index is -0.632. The second-order valence-electron chi connectivity index (χ2n) is 5.26. The predicted molar refractivity (Wildman–Crippen MR) is 71.7 cm³/mol. The molecule has 0 radical (unpaired) electrons. The molecule has 1 aliphatic heterocycles. The van der Waals surface area contributed by atoms with Gasteiger partial charge in [-0.3, -0.25) is 14.4 Å². The molecular formula is C14H15N3O3. The largest absolute Gasteiger partial charge is 0.398 e. The van der Waals surface area contributed by atoms with Crippen LogP contribution in [0, 0.1) is 5.92 Å². The Morgan fingerprint density at radius 3 is 2.55 bits per heavy atom. The van der Waals surface area contributed by atoms with Gasteiger partial charge in [0.05, 0.1) is 17.0 Å². The summed E-state index contributed by atoms with van der Waals surface area (Å²) in [4.78, 5) is 37.7. The maximum absolute atomic E-state index is 12.4. The molecule has 3 amide bonds. The molecule has 0 bridgehead atoms. The molecule has 104 valence electrons. The van der Waals surface area contributed by atoms with E-state index < -0.39 is 23.6 Å². The summed E-state index contributed by atoms with van der Waals surface area (Å²) in [5.74, 6) is -2.19. The quantitative estimate of drug-likeness (QED) is 0.573. The topological polar surface area (TPSA) is 106 Å². The van der Waals surface area contributed by atoms with E-state index in [0.29, 0.717) is 11.3 Å². The first-order valence-corrected chi connectivity index (χ1v) is 6.59. The summed E-state index contributed by atoms with van der Waals surface area (Å²) >= 11 is 0. The molecular weight excluding hydrogens is 258 g/mol. The van der Waals surface area contributed by atoms with Gasteiger partial charge < -0.3 is 11.5 Å². The number of fused-ring (bicyclic) bond motifs is 1. The zero-order valence-electron chi connectivity index (χ0n) is 10.8. The maximum atomic E-state index is 12.4. The molecule has 1 aliphatic carbocycles. The summed E-state index contributed by atoms with van der Waals surface area (Å²) < 4.78 is 0. The fourth-order valence-electron chi connectivity index (χ4n) is 2.97. The summed E-state index contributed by atoms with van der Waals surface area (Å²) in [5.41, 5.74) is 12.1. The van der Waals surface area contributed by atoms with Crippen molar-refractivity contribution in [3.05, 3.63) is 29.3 Å². The zero-order chi connectivity index (χ0) is 14.4. The number of hydrogen-bond donors (Lipinski definition) is 2. The molecule has 3 rings (SSSR count). The van der Waals surface area contributed by atoms with E-state index in [-0.39, 0.29) is 22.9 Å². The first-order chi connectivity index (χ1) is 9.52. The minimum absolute atomic E-state index is 0.123. The summed E-state index contributed by atoms with van der Waals surface area (Å²) in [6.07, 6.45) is 2.19. The summed E-state index contributed by atoms with van der Waals surface area (Å²) in [6, 6.07) is 4.35. The van der Waals surface area contributed by atoms with Crippen LogP contribution in [-0.4, -0.2) is 28.7 Å². The van der Waals surface area contributed by atoms with Crippen LogP contribution < -0.4 is 11.5 Å². The van der Waals surface area contributed by atoms with Crippen molar-refractivity contribution in [2.75, 3.05) is 5.73 Å². The van der Waals surface area contributed by atoms with E-state index in [4.69, 9.17) is 11.5 Å². The molecule has 6 nitrogen and oxygen atoms in total. The Hall–Kier alpha value is -2.21. The average molecular weight is 273 g/mol. The van der Waals surface area contributed by atoms with Crippen molar-refractivity contribution >= 4 is 23.4 Å². The van der Waals surface area contributed by atoms with Crippen LogP contribution in [0.2, 0.25) is 0 Å². The number of anilines is 1. The van der Waals surface area contributed by atoms with Gasteiger partial charge in [0.25, 0.3) is 11.8 Å². The van der Waals surface area contributed by atoms with Gasteiger partial charge >= 0.3 is 0 Å². The van der Waals surface area contributed by atoms with Crippen molar-refractivity contribution < 1.29 is 14.4 Å². The highest BCUT2D eigenvalue weighted by molar-refractivity contribution is 6.30. The first kappa shape index (κ1) is 12.8. The van der Waals surface area contributed by atoms with Crippen LogP contribution in [0.25, 0.3) is 0 Å². The summed E-state index contributed by atoms with van der Waals surface area (Å²) in [5, 5.41) is 0. The van der Waals surface area contributed by atoms with Gasteiger partial charge in [-0.05, 0) is 25.0 Å². The van der Waals surface area contributed by atoms with E-state index in [9.17, 15) is 14.4 Å². The van der Waals surface area contributed by atoms with E-state index in [1.165, 1.54) is 6.07 Å². The van der Waals surface area contributed by atoms with Crippen molar-refractivity contribution in [1.82, 2.24) is 4.90 Å². The SMILES string of the molecule is Nc1cccc2c1C(=O)N(C(=O)C1CCCC1N)C2=O. The monoisotopic (exact) mass is 273 g/mol. The molecule has 1 saturated carbocycles. The summed E-state index contributed by atoms with van der Waals surface area (Å²) in [7, 11) is 0. The number of carbonyl (C=O) groups is 3. The standard InChI is InChI=1S/C14H15N3O3/c15-9-5-1-3-7(9)12(18)17-13(19)8-4-2-6-10(16)11(8)14(17)20/h2,4,6-7,9H,1,3,5,15-16H2. The third-order valence-electron chi connectivity index (χ3n) is 4.05. The normalized spacial score (nSPS) is 25.1. The lowest BCUT2D eigenvalue weighted by molar-refractivity contribution is -0.130. The Balaban J connectivity index is 1.98. The molecule has 6 heteroatoms. The van der Waals surface area contributed by atoms with E-state index in [0.717, 1.165) is 12.8 Å². The van der Waals surface area contributed by atoms with Gasteiger partial charge in [0.1, 0.15) is 0 Å². The number of amides is 3. The van der Waals surface area contributed by atoms with E-state index >= 15 is 0 Å². The van der Waals surface area contributed by atoms with Gasteiger partial charge in [-0.2, -0.15) is 0 Å². The van der Waals surface area contributed by atoms with Crippen molar-refractivity contribution in [3.63, 3.8) is 0 Å². The molecule has 0 spiro atoms. The molecule has 4 N–H and O–H groups in total. The molecule has 20 heavy (non-hydrogen) atoms. The highest BCUT2D eigenvalue weighted by Gasteiger charge is 2.45. The second-order valence-corrected chi connectivity index (χ2v) is 5.26. The van der Waals surface area contributed by atoms with Crippen LogP contribution >= 0.6 is 0 Å². The Kier molecular flexibility index (Phi) is 2.83. The van der Waals surface area contributed by atoms with E-state index in [1.807, 2.05) is 0 Å². The Labute approximate surface area is 115 Å². The third kappa shape index (κ3) is 1.65. The van der Waals surface area contributed by atoms with Gasteiger partial charge in [0.2, 0.25) is 5.91 Å². The number of nitrogens with zero attached hydrogens (tertiary/aromatic N) is 1. The van der Waals surface area contributed by atoms with E-state index in [2.05, 4.69) is 0 Å². The number of benzene rings is 1. The van der Waals surface area contributed by atoms with Crippen molar-refractivity contribution in [1.29, 1.82) is 0 Å². The van der Waals surface area contributed by atoms with Gasteiger partial charge in [0.15, 0.2) is 0 Å². The van der Waals surface area contributed by atoms with Crippen LogP contribution in [0.1, 0.15) is 40.0 Å². The Morgan fingerprint density at radius 1 is 1.20 bits per heavy atom. The highest BCUT2D eigenvalue weighted by atomic mass is 16.2. The first-order valence-electron chi connectivity index (χ1n) is 6.59. The molecule has 0 saturated heterocycles. The van der Waals surface area contributed by atoms with Crippen LogP contribution in [-0.2, 0) is 4.79 Å². The average Bonchev–Trinajstić information content (AvgIpc) is 2.93. The molecule has 1 heterocycles. The third-order valence-corrected chi connectivity index (χ3v) is 4.05. The van der Waals surface area contributed by atoms with Crippen LogP contribution in [0.15, 0.2) is 18.2 Å². The van der Waals surface area contributed by atoms with Gasteiger partial charge in [-0.15, -0.1) is 0 Å². The molecule has 1 aromatic rings. The smallest absolute Gasteiger partial charge is 0.270 e. The van der Waals surface area contributed by atoms with Crippen LogP contribution in [0.5, 0.6) is 0 Å². The number of nitrogen functional groups attached to an aromatic ring is 1. The van der Waals surface area contributed by atoms with Gasteiger partial charge in [0, 0.05) is 11.7 Å². The number of hydrogen-bond acceptors (Lipinski definition) is 5. The van der Waals surface area contributed by atoms with Gasteiger partial charge in [-0.1, -0.05) is 12.5 Å². The predicted octanol–water partition coefficient (Wildman–Crippen LogP) is 0.519. The number of nitrogens with two attached hydrogens (primary N) is 2. The van der Waals surface area contributed by atoms with Crippen LogP contribution in [0.4, 0.5) is 5.69 Å². The lowest BCUT2D eigenvalue weighted by atomic mass is 10.0. The van der Waals surface area contributed by atoms with Crippen molar-refractivity contribution in [2.24, 2.45) is 11.7 Å². The lowest BCUT2D eigenvalue weighted by Crippen LogP contribution is -2.44. The summed E-state index contributed by atoms with van der Waals surface area (Å²) in [6.45, 7) is 0. The number of rotatable bonds is 1. The van der Waals surface area contributed by atoms with Gasteiger partial charge in [-0.25, -0.2) is 4.90 Å². The number of carbonyl (C=O) groups excluding carboxylic acids is 3. The minimum Gasteiger partial charge on any atom is -0.398 e. The molecule has 2 unspecified atom stereocenters. The van der Waals surface area contributed by atoms with Crippen molar-refractivity contribution in [2.45, 2.75) is 25.3 Å². The highest BCUT2D eigenvalue weighted by Crippen LogP contribution is 2.32. The fourth-order valence-corrected chi connectivity index (χ4v) is 2.97. The molecule has 1 aromatic carbocycles. The molecule has 1 fully saturated rings. The lowest BCUT2D eigenvalue weighted by Gasteiger charge is -2.19. The second kappa shape index (κ2) is 4.42. The molecule has 2 atom stereocenters. The molecule has 0 aromatic heterocycles. The fraction of sp³-hybridized carbons (Fsp3) is 0.357. The molecule has 2 aliphatic rings. The maximum Gasteiger partial charge on any atom is 0.270 e.